The average molecular weight is 388 g/mol. The van der Waals surface area contributed by atoms with Gasteiger partial charge in [-0.2, -0.15) is 0 Å². The van der Waals surface area contributed by atoms with Gasteiger partial charge in [0.15, 0.2) is 0 Å². The van der Waals surface area contributed by atoms with E-state index in [4.69, 9.17) is 0 Å². The molecule has 0 radical (unpaired) electrons. The Kier molecular flexibility index (Phi) is 4.31. The highest BCUT2D eigenvalue weighted by Crippen LogP contribution is 2.19. The van der Waals surface area contributed by atoms with E-state index < -0.39 is 5.82 Å². The Morgan fingerprint density at radius 2 is 2.05 bits per heavy atom. The first-order chi connectivity index (χ1) is 8.97. The van der Waals surface area contributed by atoms with Gasteiger partial charge in [0.2, 0.25) is 0 Å². The maximum atomic E-state index is 13.1. The number of benzene rings is 1. The smallest absolute Gasteiger partial charge is 0.255 e. The number of rotatable bonds is 2. The van der Waals surface area contributed by atoms with Crippen LogP contribution in [0.1, 0.15) is 15.9 Å². The van der Waals surface area contributed by atoms with Crippen molar-refractivity contribution in [2.45, 2.75) is 6.92 Å². The van der Waals surface area contributed by atoms with Crippen LogP contribution in [0, 0.1) is 12.7 Å². The molecule has 0 unspecified atom stereocenters. The van der Waals surface area contributed by atoms with Crippen molar-refractivity contribution in [3.8, 4) is 0 Å². The highest BCUT2D eigenvalue weighted by Gasteiger charge is 2.09. The molecule has 2 rings (SSSR count). The van der Waals surface area contributed by atoms with Crippen LogP contribution in [-0.2, 0) is 0 Å². The second kappa shape index (κ2) is 5.79. The van der Waals surface area contributed by atoms with E-state index in [-0.39, 0.29) is 10.4 Å². The maximum Gasteiger partial charge on any atom is 0.255 e. The van der Waals surface area contributed by atoms with Crippen molar-refractivity contribution in [1.29, 1.82) is 0 Å². The summed E-state index contributed by atoms with van der Waals surface area (Å²) in [6, 6.07) is 5.90. The number of pyridine rings is 1. The minimum Gasteiger partial charge on any atom is -0.321 e. The van der Waals surface area contributed by atoms with Gasteiger partial charge in [-0.1, -0.05) is 0 Å². The van der Waals surface area contributed by atoms with E-state index in [9.17, 15) is 9.18 Å². The van der Waals surface area contributed by atoms with Gasteiger partial charge in [0, 0.05) is 5.56 Å². The summed E-state index contributed by atoms with van der Waals surface area (Å²) in [5.74, 6) is -0.720. The fourth-order valence-electron chi connectivity index (χ4n) is 1.47. The monoisotopic (exact) mass is 386 g/mol. The number of carbonyl (C=O) groups is 1. The van der Waals surface area contributed by atoms with Crippen LogP contribution >= 0.6 is 31.9 Å². The lowest BCUT2D eigenvalue weighted by molar-refractivity contribution is 0.102. The lowest BCUT2D eigenvalue weighted by atomic mass is 10.2. The summed E-state index contributed by atoms with van der Waals surface area (Å²) in [5.41, 5.74) is 1.87. The highest BCUT2D eigenvalue weighted by atomic mass is 79.9. The second-order valence-corrected chi connectivity index (χ2v) is 5.52. The zero-order chi connectivity index (χ0) is 14.0. The number of amides is 1. The van der Waals surface area contributed by atoms with E-state index in [1.807, 2.05) is 6.92 Å². The van der Waals surface area contributed by atoms with Crippen LogP contribution in [0.25, 0.3) is 0 Å². The van der Waals surface area contributed by atoms with Gasteiger partial charge in [0.05, 0.1) is 16.4 Å². The fraction of sp³-hybridized carbons (Fsp3) is 0.0769. The van der Waals surface area contributed by atoms with E-state index in [1.165, 1.54) is 18.2 Å². The van der Waals surface area contributed by atoms with E-state index in [2.05, 4.69) is 42.2 Å². The van der Waals surface area contributed by atoms with Gasteiger partial charge in [0.1, 0.15) is 10.4 Å². The zero-order valence-corrected chi connectivity index (χ0v) is 13.0. The first kappa shape index (κ1) is 14.1. The van der Waals surface area contributed by atoms with Crippen LogP contribution in [0.4, 0.5) is 10.1 Å². The SMILES string of the molecule is Cc1cc(NC(=O)c2ccc(F)c(Br)c2)cnc1Br. The molecular weight excluding hydrogens is 379 g/mol. The number of aryl methyl sites for hydroxylation is 1. The molecule has 1 heterocycles. The third-order valence-corrected chi connectivity index (χ3v) is 3.89. The van der Waals surface area contributed by atoms with Crippen LogP contribution < -0.4 is 5.32 Å². The average Bonchev–Trinajstić information content (AvgIpc) is 2.37. The highest BCUT2D eigenvalue weighted by molar-refractivity contribution is 9.10. The normalized spacial score (nSPS) is 10.3. The fourth-order valence-corrected chi connectivity index (χ4v) is 2.06. The van der Waals surface area contributed by atoms with Crippen molar-refractivity contribution in [3.63, 3.8) is 0 Å². The van der Waals surface area contributed by atoms with Gasteiger partial charge < -0.3 is 5.32 Å². The van der Waals surface area contributed by atoms with E-state index in [1.54, 1.807) is 12.3 Å². The molecule has 1 amide bonds. The molecule has 2 aromatic rings. The van der Waals surface area contributed by atoms with Crippen LogP contribution in [-0.4, -0.2) is 10.9 Å². The van der Waals surface area contributed by atoms with Crippen LogP contribution in [0.15, 0.2) is 39.5 Å². The topological polar surface area (TPSA) is 42.0 Å². The molecule has 6 heteroatoms. The lowest BCUT2D eigenvalue weighted by Gasteiger charge is -2.07. The largest absolute Gasteiger partial charge is 0.321 e. The minimum absolute atomic E-state index is 0.255. The van der Waals surface area contributed by atoms with Crippen molar-refractivity contribution in [2.24, 2.45) is 0 Å². The van der Waals surface area contributed by atoms with Crippen LogP contribution in [0.2, 0.25) is 0 Å². The summed E-state index contributed by atoms with van der Waals surface area (Å²) in [6.07, 6.45) is 1.55. The van der Waals surface area contributed by atoms with Crippen LogP contribution in [0.3, 0.4) is 0 Å². The zero-order valence-electron chi connectivity index (χ0n) is 9.88. The Balaban J connectivity index is 2.20. The third-order valence-electron chi connectivity index (χ3n) is 2.45. The number of halogens is 3. The number of hydrogen-bond acceptors (Lipinski definition) is 2. The molecule has 0 saturated heterocycles. The molecule has 0 bridgehead atoms. The molecule has 0 spiro atoms. The lowest BCUT2D eigenvalue weighted by Crippen LogP contribution is -2.12. The summed E-state index contributed by atoms with van der Waals surface area (Å²) < 4.78 is 14.1. The summed E-state index contributed by atoms with van der Waals surface area (Å²) in [4.78, 5) is 16.1. The molecule has 1 aromatic carbocycles. The number of hydrogen-bond donors (Lipinski definition) is 1. The van der Waals surface area contributed by atoms with Crippen molar-refractivity contribution in [1.82, 2.24) is 4.98 Å². The molecule has 0 saturated carbocycles. The molecule has 1 N–H and O–H groups in total. The molecule has 0 atom stereocenters. The quantitative estimate of drug-likeness (QED) is 0.780. The molecule has 3 nitrogen and oxygen atoms in total. The Morgan fingerprint density at radius 1 is 1.32 bits per heavy atom. The van der Waals surface area contributed by atoms with E-state index in [0.29, 0.717) is 11.3 Å². The first-order valence-electron chi connectivity index (χ1n) is 5.36. The van der Waals surface area contributed by atoms with Gasteiger partial charge in [-0.15, -0.1) is 0 Å². The Bertz CT molecular complexity index is 647. The number of nitrogens with zero attached hydrogens (tertiary/aromatic N) is 1. The van der Waals surface area contributed by atoms with Crippen molar-refractivity contribution < 1.29 is 9.18 Å². The minimum atomic E-state index is -0.405. The summed E-state index contributed by atoms with van der Waals surface area (Å²) in [6.45, 7) is 1.88. The molecule has 0 aliphatic heterocycles. The molecule has 19 heavy (non-hydrogen) atoms. The number of nitrogens with one attached hydrogen (secondary N) is 1. The van der Waals surface area contributed by atoms with E-state index in [0.717, 1.165) is 10.2 Å². The summed E-state index contributed by atoms with van der Waals surface area (Å²) in [5, 5.41) is 2.71. The van der Waals surface area contributed by atoms with Crippen LogP contribution in [0.5, 0.6) is 0 Å². The summed E-state index contributed by atoms with van der Waals surface area (Å²) >= 11 is 6.33. The molecular formula is C13H9Br2FN2O. The number of carbonyl (C=O) groups excluding carboxylic acids is 1. The Morgan fingerprint density at radius 3 is 2.68 bits per heavy atom. The molecule has 1 aromatic heterocycles. The van der Waals surface area contributed by atoms with Gasteiger partial charge in [0.25, 0.3) is 5.91 Å². The summed E-state index contributed by atoms with van der Waals surface area (Å²) in [7, 11) is 0. The molecule has 0 fully saturated rings. The van der Waals surface area contributed by atoms with Gasteiger partial charge in [-0.25, -0.2) is 9.37 Å². The van der Waals surface area contributed by atoms with E-state index >= 15 is 0 Å². The molecule has 98 valence electrons. The van der Waals surface area contributed by atoms with Gasteiger partial charge >= 0.3 is 0 Å². The van der Waals surface area contributed by atoms with Crippen molar-refractivity contribution >= 4 is 43.5 Å². The molecule has 0 aliphatic carbocycles. The predicted octanol–water partition coefficient (Wildman–Crippen LogP) is 4.31. The third kappa shape index (κ3) is 3.39. The predicted molar refractivity (Wildman–Crippen MR) is 78.7 cm³/mol. The Labute approximate surface area is 126 Å². The number of anilines is 1. The van der Waals surface area contributed by atoms with Gasteiger partial charge in [-0.3, -0.25) is 4.79 Å². The van der Waals surface area contributed by atoms with Crippen molar-refractivity contribution in [2.75, 3.05) is 5.32 Å². The Hall–Kier alpha value is -1.27. The van der Waals surface area contributed by atoms with Gasteiger partial charge in [-0.05, 0) is 68.6 Å². The standard InChI is InChI=1S/C13H9Br2FN2O/c1-7-4-9(6-17-12(7)15)18-13(19)8-2-3-11(16)10(14)5-8/h2-6H,1H3,(H,18,19). The maximum absolute atomic E-state index is 13.1. The second-order valence-electron chi connectivity index (χ2n) is 3.91. The molecule has 0 aliphatic rings. The number of aromatic nitrogens is 1. The van der Waals surface area contributed by atoms with Crippen molar-refractivity contribution in [3.05, 3.63) is 56.5 Å². The first-order valence-corrected chi connectivity index (χ1v) is 6.94.